The minimum atomic E-state index is 0.644. The zero-order chi connectivity index (χ0) is 7.14. The van der Waals surface area contributed by atoms with Crippen molar-refractivity contribution >= 4 is 0 Å². The minimum Gasteiger partial charge on any atom is -0.271 e. The molecule has 2 fully saturated rings. The predicted molar refractivity (Wildman–Crippen MR) is 41.1 cm³/mol. The second kappa shape index (κ2) is 2.21. The van der Waals surface area contributed by atoms with Gasteiger partial charge in [0.05, 0.1) is 0 Å². The molecule has 3 unspecified atom stereocenters. The van der Waals surface area contributed by atoms with Gasteiger partial charge in [0.25, 0.3) is 0 Å². The van der Waals surface area contributed by atoms with E-state index in [1.54, 1.807) is 0 Å². The maximum atomic E-state index is 5.38. The van der Waals surface area contributed by atoms with Crippen molar-refractivity contribution in [3.05, 3.63) is 0 Å². The molecule has 0 aromatic rings. The summed E-state index contributed by atoms with van der Waals surface area (Å²) in [6.07, 6.45) is 4.35. The van der Waals surface area contributed by atoms with Crippen molar-refractivity contribution in [1.29, 1.82) is 0 Å². The summed E-state index contributed by atoms with van der Waals surface area (Å²) in [5, 5.41) is 0. The number of hydrogen-bond donors (Lipinski definition) is 2. The first-order chi connectivity index (χ1) is 4.84. The fraction of sp³-hybridized carbons (Fsp3) is 1.00. The predicted octanol–water partition coefficient (Wildman–Crippen LogP) is 0.884. The first kappa shape index (κ1) is 6.62. The van der Waals surface area contributed by atoms with Crippen LogP contribution in [0.15, 0.2) is 0 Å². The molecule has 0 heterocycles. The van der Waals surface area contributed by atoms with Gasteiger partial charge in [-0.2, -0.15) is 0 Å². The molecule has 0 amide bonds. The average molecular weight is 140 g/mol. The van der Waals surface area contributed by atoms with E-state index in [4.69, 9.17) is 5.84 Å². The summed E-state index contributed by atoms with van der Waals surface area (Å²) in [6, 6.07) is 0.644. The van der Waals surface area contributed by atoms with Crippen LogP contribution in [0.1, 0.15) is 26.2 Å². The summed E-state index contributed by atoms with van der Waals surface area (Å²) < 4.78 is 0. The van der Waals surface area contributed by atoms with Crippen molar-refractivity contribution in [3.63, 3.8) is 0 Å². The van der Waals surface area contributed by atoms with Crippen LogP contribution in [-0.4, -0.2) is 6.04 Å². The molecular formula is C8H16N2. The molecule has 2 nitrogen and oxygen atoms in total. The molecule has 0 saturated heterocycles. The van der Waals surface area contributed by atoms with Gasteiger partial charge in [0.2, 0.25) is 0 Å². The summed E-state index contributed by atoms with van der Waals surface area (Å²) in [5.74, 6) is 8.15. The van der Waals surface area contributed by atoms with E-state index in [1.165, 1.54) is 19.3 Å². The van der Waals surface area contributed by atoms with Gasteiger partial charge in [0.1, 0.15) is 0 Å². The van der Waals surface area contributed by atoms with Gasteiger partial charge in [0.15, 0.2) is 0 Å². The molecule has 2 heteroatoms. The van der Waals surface area contributed by atoms with Gasteiger partial charge < -0.3 is 0 Å². The monoisotopic (exact) mass is 140 g/mol. The van der Waals surface area contributed by atoms with E-state index in [0.29, 0.717) is 6.04 Å². The van der Waals surface area contributed by atoms with Gasteiger partial charge in [-0.3, -0.25) is 11.3 Å². The minimum absolute atomic E-state index is 0.644. The van der Waals surface area contributed by atoms with E-state index in [2.05, 4.69) is 12.3 Å². The largest absolute Gasteiger partial charge is 0.271 e. The zero-order valence-corrected chi connectivity index (χ0v) is 6.51. The lowest BCUT2D eigenvalue weighted by Gasteiger charge is -2.25. The van der Waals surface area contributed by atoms with Gasteiger partial charge >= 0.3 is 0 Å². The molecule has 2 rings (SSSR count). The van der Waals surface area contributed by atoms with Crippen LogP contribution in [0.25, 0.3) is 0 Å². The Kier molecular flexibility index (Phi) is 1.46. The second-order valence-electron chi connectivity index (χ2n) is 3.82. The third-order valence-electron chi connectivity index (χ3n) is 3.33. The molecule has 2 saturated carbocycles. The molecule has 58 valence electrons. The second-order valence-corrected chi connectivity index (χ2v) is 3.82. The van der Waals surface area contributed by atoms with E-state index in [-0.39, 0.29) is 0 Å². The van der Waals surface area contributed by atoms with Crippen LogP contribution in [0, 0.1) is 17.8 Å². The number of rotatable bonds is 2. The Labute approximate surface area is 62.1 Å². The number of hydrogen-bond acceptors (Lipinski definition) is 2. The molecule has 0 spiro atoms. The molecular weight excluding hydrogens is 124 g/mol. The smallest absolute Gasteiger partial charge is 0.0273 e. The van der Waals surface area contributed by atoms with Crippen molar-refractivity contribution in [2.75, 3.05) is 0 Å². The van der Waals surface area contributed by atoms with Gasteiger partial charge in [-0.1, -0.05) is 26.2 Å². The van der Waals surface area contributed by atoms with Gasteiger partial charge in [-0.05, 0) is 17.8 Å². The topological polar surface area (TPSA) is 38.0 Å². The molecule has 0 aromatic heterocycles. The molecule has 10 heavy (non-hydrogen) atoms. The first-order valence-electron chi connectivity index (χ1n) is 4.30. The van der Waals surface area contributed by atoms with Gasteiger partial charge in [-0.15, -0.1) is 0 Å². The Bertz CT molecular complexity index is 126. The molecule has 0 bridgehead atoms. The van der Waals surface area contributed by atoms with Crippen LogP contribution >= 0.6 is 0 Å². The van der Waals surface area contributed by atoms with Crippen molar-refractivity contribution in [2.24, 2.45) is 23.6 Å². The fourth-order valence-electron chi connectivity index (χ4n) is 2.30. The molecule has 2 aliphatic rings. The molecule has 3 N–H and O–H groups in total. The zero-order valence-electron chi connectivity index (χ0n) is 6.51. The van der Waals surface area contributed by atoms with Crippen molar-refractivity contribution in [2.45, 2.75) is 32.2 Å². The average Bonchev–Trinajstić information content (AvgIpc) is 2.39. The van der Waals surface area contributed by atoms with Crippen LogP contribution in [0.3, 0.4) is 0 Å². The Hall–Kier alpha value is -0.0800. The van der Waals surface area contributed by atoms with Crippen LogP contribution in [0.2, 0.25) is 0 Å². The molecule has 0 radical (unpaired) electrons. The van der Waals surface area contributed by atoms with E-state index in [0.717, 1.165) is 17.8 Å². The van der Waals surface area contributed by atoms with E-state index in [9.17, 15) is 0 Å². The highest BCUT2D eigenvalue weighted by atomic mass is 15.3. The molecule has 3 atom stereocenters. The van der Waals surface area contributed by atoms with Crippen LogP contribution in [0.4, 0.5) is 0 Å². The van der Waals surface area contributed by atoms with Crippen LogP contribution in [0.5, 0.6) is 0 Å². The normalized spacial score (nSPS) is 46.8. The molecule has 0 aromatic carbocycles. The standard InChI is InChI=1S/C8H16N2/c1-5-7(8(5)10-9)6-3-2-4-6/h5-8,10H,2-4,9H2,1H3. The maximum Gasteiger partial charge on any atom is 0.0273 e. The summed E-state index contributed by atoms with van der Waals surface area (Å²) in [4.78, 5) is 0. The van der Waals surface area contributed by atoms with E-state index >= 15 is 0 Å². The third kappa shape index (κ3) is 0.789. The van der Waals surface area contributed by atoms with Crippen molar-refractivity contribution in [3.8, 4) is 0 Å². The molecule has 2 aliphatic carbocycles. The van der Waals surface area contributed by atoms with E-state index < -0.39 is 0 Å². The summed E-state index contributed by atoms with van der Waals surface area (Å²) in [5.41, 5.74) is 2.89. The van der Waals surface area contributed by atoms with Crippen LogP contribution in [-0.2, 0) is 0 Å². The van der Waals surface area contributed by atoms with Crippen LogP contribution < -0.4 is 11.3 Å². The third-order valence-corrected chi connectivity index (χ3v) is 3.33. The van der Waals surface area contributed by atoms with E-state index in [1.807, 2.05) is 0 Å². The highest BCUT2D eigenvalue weighted by Crippen LogP contribution is 2.50. The quantitative estimate of drug-likeness (QED) is 0.441. The summed E-state index contributed by atoms with van der Waals surface area (Å²) in [6.45, 7) is 2.30. The maximum absolute atomic E-state index is 5.38. The highest BCUT2D eigenvalue weighted by molar-refractivity contribution is 5.04. The number of nitrogens with one attached hydrogen (secondary N) is 1. The lowest BCUT2D eigenvalue weighted by molar-refractivity contribution is 0.261. The summed E-state index contributed by atoms with van der Waals surface area (Å²) >= 11 is 0. The van der Waals surface area contributed by atoms with Gasteiger partial charge in [0, 0.05) is 6.04 Å². The lowest BCUT2D eigenvalue weighted by atomic mass is 9.81. The van der Waals surface area contributed by atoms with Crippen molar-refractivity contribution in [1.82, 2.24) is 5.43 Å². The Morgan fingerprint density at radius 1 is 1.40 bits per heavy atom. The highest BCUT2D eigenvalue weighted by Gasteiger charge is 2.51. The lowest BCUT2D eigenvalue weighted by Crippen LogP contribution is -2.28. The fourth-order valence-corrected chi connectivity index (χ4v) is 2.30. The SMILES string of the molecule is CC1C(NN)C1C1CCC1. The Balaban J connectivity index is 1.85. The Morgan fingerprint density at radius 3 is 2.40 bits per heavy atom. The molecule has 0 aliphatic heterocycles. The summed E-state index contributed by atoms with van der Waals surface area (Å²) in [7, 11) is 0. The number of hydrazine groups is 1. The Morgan fingerprint density at radius 2 is 2.10 bits per heavy atom. The van der Waals surface area contributed by atoms with Crippen molar-refractivity contribution < 1.29 is 0 Å². The van der Waals surface area contributed by atoms with Gasteiger partial charge in [-0.25, -0.2) is 0 Å². The first-order valence-corrected chi connectivity index (χ1v) is 4.30. The number of nitrogens with two attached hydrogens (primary N) is 1.